The second kappa shape index (κ2) is 5.36. The Morgan fingerprint density at radius 1 is 1.39 bits per heavy atom. The van der Waals surface area contributed by atoms with Crippen molar-refractivity contribution in [3.63, 3.8) is 0 Å². The summed E-state index contributed by atoms with van der Waals surface area (Å²) in [7, 11) is 0. The van der Waals surface area contributed by atoms with Crippen LogP contribution in [0.3, 0.4) is 0 Å². The van der Waals surface area contributed by atoms with Gasteiger partial charge in [0, 0.05) is 24.9 Å². The molecule has 0 N–H and O–H groups in total. The number of piperidine rings is 1. The third-order valence-electron chi connectivity index (χ3n) is 4.28. The number of likely N-dealkylation sites (tertiary alicyclic amines) is 1. The normalized spacial score (nSPS) is 24.7. The zero-order valence-corrected chi connectivity index (χ0v) is 12.5. The average molecular weight is 317 g/mol. The fourth-order valence-electron chi connectivity index (χ4n) is 2.85. The maximum absolute atomic E-state index is 15.3. The van der Waals surface area contributed by atoms with Crippen molar-refractivity contribution in [2.45, 2.75) is 37.3 Å². The van der Waals surface area contributed by atoms with Crippen molar-refractivity contribution in [1.82, 2.24) is 25.0 Å². The second-order valence-corrected chi connectivity index (χ2v) is 6.12. The van der Waals surface area contributed by atoms with Crippen LogP contribution in [0.5, 0.6) is 0 Å². The first-order chi connectivity index (χ1) is 11.2. The molecular weight excluding hydrogens is 301 g/mol. The molecule has 2 aromatic rings. The number of hydrogen-bond acceptors (Lipinski definition) is 6. The standard InChI is InChI=1S/C15H16FN5O2/c16-15(14-19-12(20-23-14)10-2-3-10)4-1-7-21(9-15)13(22)11-8-17-5-6-18-11/h5-6,8,10H,1-4,7,9H2. The lowest BCUT2D eigenvalue weighted by molar-refractivity contribution is 0.0149. The fraction of sp³-hybridized carbons (Fsp3) is 0.533. The first kappa shape index (κ1) is 14.2. The van der Waals surface area contributed by atoms with E-state index >= 15 is 4.39 Å². The van der Waals surface area contributed by atoms with Gasteiger partial charge < -0.3 is 9.42 Å². The van der Waals surface area contributed by atoms with Crippen LogP contribution in [-0.2, 0) is 5.67 Å². The third kappa shape index (κ3) is 2.69. The summed E-state index contributed by atoms with van der Waals surface area (Å²) in [5.74, 6) is 0.532. The predicted molar refractivity (Wildman–Crippen MR) is 76.2 cm³/mol. The number of alkyl halides is 1. The number of rotatable bonds is 3. The summed E-state index contributed by atoms with van der Waals surface area (Å²) >= 11 is 0. The molecule has 3 heterocycles. The van der Waals surface area contributed by atoms with Gasteiger partial charge in [0.25, 0.3) is 11.8 Å². The number of halogens is 1. The lowest BCUT2D eigenvalue weighted by atomic mass is 9.94. The van der Waals surface area contributed by atoms with Gasteiger partial charge in [0.2, 0.25) is 5.67 Å². The van der Waals surface area contributed by atoms with Gasteiger partial charge in [0.1, 0.15) is 5.69 Å². The van der Waals surface area contributed by atoms with Crippen molar-refractivity contribution in [3.8, 4) is 0 Å². The Balaban J connectivity index is 1.54. The summed E-state index contributed by atoms with van der Waals surface area (Å²) in [5, 5.41) is 3.87. The van der Waals surface area contributed by atoms with Crippen molar-refractivity contribution < 1.29 is 13.7 Å². The molecule has 7 nitrogen and oxygen atoms in total. The number of hydrogen-bond donors (Lipinski definition) is 0. The molecule has 1 amide bonds. The van der Waals surface area contributed by atoms with Crippen molar-refractivity contribution >= 4 is 5.91 Å². The molecule has 1 aliphatic carbocycles. The van der Waals surface area contributed by atoms with E-state index in [2.05, 4.69) is 20.1 Å². The molecule has 2 aliphatic rings. The molecule has 2 fully saturated rings. The van der Waals surface area contributed by atoms with Crippen LogP contribution in [0.15, 0.2) is 23.1 Å². The number of carbonyl (C=O) groups is 1. The predicted octanol–water partition coefficient (Wildman–Crippen LogP) is 1.84. The molecule has 1 saturated carbocycles. The first-order valence-electron chi connectivity index (χ1n) is 7.74. The largest absolute Gasteiger partial charge is 0.336 e. The quantitative estimate of drug-likeness (QED) is 0.858. The maximum atomic E-state index is 15.3. The Labute approximate surface area is 131 Å². The summed E-state index contributed by atoms with van der Waals surface area (Å²) in [6.45, 7) is 0.374. The summed E-state index contributed by atoms with van der Waals surface area (Å²) in [6, 6.07) is 0. The topological polar surface area (TPSA) is 85.0 Å². The highest BCUT2D eigenvalue weighted by Crippen LogP contribution is 2.40. The number of carbonyl (C=O) groups excluding carboxylic acids is 1. The van der Waals surface area contributed by atoms with E-state index in [1.54, 1.807) is 0 Å². The number of nitrogens with zero attached hydrogens (tertiary/aromatic N) is 5. The van der Waals surface area contributed by atoms with Gasteiger partial charge in [-0.05, 0) is 25.7 Å². The van der Waals surface area contributed by atoms with Crippen molar-refractivity contribution in [1.29, 1.82) is 0 Å². The minimum atomic E-state index is -1.80. The van der Waals surface area contributed by atoms with Crippen LogP contribution < -0.4 is 0 Å². The van der Waals surface area contributed by atoms with E-state index in [1.165, 1.54) is 23.5 Å². The highest BCUT2D eigenvalue weighted by Gasteiger charge is 2.45. The van der Waals surface area contributed by atoms with Gasteiger partial charge in [0.15, 0.2) is 5.82 Å². The molecule has 1 atom stereocenters. The van der Waals surface area contributed by atoms with Crippen LogP contribution in [0.4, 0.5) is 4.39 Å². The zero-order valence-electron chi connectivity index (χ0n) is 12.5. The molecule has 1 saturated heterocycles. The first-order valence-corrected chi connectivity index (χ1v) is 7.74. The van der Waals surface area contributed by atoms with E-state index in [0.717, 1.165) is 12.8 Å². The van der Waals surface area contributed by atoms with Crippen LogP contribution in [0.2, 0.25) is 0 Å². The van der Waals surface area contributed by atoms with Gasteiger partial charge in [-0.25, -0.2) is 9.37 Å². The van der Waals surface area contributed by atoms with E-state index in [9.17, 15) is 4.79 Å². The minimum absolute atomic E-state index is 0.0176. The molecule has 120 valence electrons. The van der Waals surface area contributed by atoms with Crippen LogP contribution in [0.25, 0.3) is 0 Å². The minimum Gasteiger partial charge on any atom is -0.336 e. The Hall–Kier alpha value is -2.38. The molecular formula is C15H16FN5O2. The fourth-order valence-corrected chi connectivity index (χ4v) is 2.85. The van der Waals surface area contributed by atoms with Gasteiger partial charge in [-0.15, -0.1) is 0 Å². The van der Waals surface area contributed by atoms with E-state index in [-0.39, 0.29) is 30.5 Å². The Morgan fingerprint density at radius 3 is 3.00 bits per heavy atom. The number of aromatic nitrogens is 4. The summed E-state index contributed by atoms with van der Waals surface area (Å²) in [4.78, 5) is 25.9. The molecule has 23 heavy (non-hydrogen) atoms. The lowest BCUT2D eigenvalue weighted by Crippen LogP contribution is -2.46. The Kier molecular flexibility index (Phi) is 3.32. The average Bonchev–Trinajstić information content (AvgIpc) is 3.31. The van der Waals surface area contributed by atoms with Crippen molar-refractivity contribution in [2.24, 2.45) is 0 Å². The molecule has 0 aromatic carbocycles. The maximum Gasteiger partial charge on any atom is 0.274 e. The van der Waals surface area contributed by atoms with Gasteiger partial charge in [-0.3, -0.25) is 9.78 Å². The SMILES string of the molecule is O=C(c1cnccn1)N1CCCC(F)(c2nc(C3CC3)no2)C1. The van der Waals surface area contributed by atoms with Crippen LogP contribution in [0, 0.1) is 0 Å². The highest BCUT2D eigenvalue weighted by molar-refractivity contribution is 5.92. The van der Waals surface area contributed by atoms with E-state index in [0.29, 0.717) is 24.7 Å². The number of amides is 1. The van der Waals surface area contributed by atoms with Crippen LogP contribution in [0.1, 0.15) is 53.8 Å². The molecule has 0 radical (unpaired) electrons. The summed E-state index contributed by atoms with van der Waals surface area (Å²) < 4.78 is 20.4. The van der Waals surface area contributed by atoms with Crippen molar-refractivity contribution in [3.05, 3.63) is 36.0 Å². The molecule has 4 rings (SSSR count). The van der Waals surface area contributed by atoms with Crippen molar-refractivity contribution in [2.75, 3.05) is 13.1 Å². The zero-order chi connectivity index (χ0) is 15.9. The van der Waals surface area contributed by atoms with Crippen LogP contribution in [-0.4, -0.2) is 44.0 Å². The van der Waals surface area contributed by atoms with Gasteiger partial charge in [-0.1, -0.05) is 5.16 Å². The van der Waals surface area contributed by atoms with E-state index < -0.39 is 5.67 Å². The third-order valence-corrected chi connectivity index (χ3v) is 4.28. The van der Waals surface area contributed by atoms with Crippen LogP contribution >= 0.6 is 0 Å². The Morgan fingerprint density at radius 2 is 2.26 bits per heavy atom. The monoisotopic (exact) mass is 317 g/mol. The van der Waals surface area contributed by atoms with Gasteiger partial charge in [0.05, 0.1) is 12.7 Å². The molecule has 1 unspecified atom stereocenters. The molecule has 1 aliphatic heterocycles. The smallest absolute Gasteiger partial charge is 0.274 e. The summed E-state index contributed by atoms with van der Waals surface area (Å²) in [6.07, 6.45) is 7.16. The molecule has 0 spiro atoms. The summed E-state index contributed by atoms with van der Waals surface area (Å²) in [5.41, 5.74) is -1.59. The molecule has 0 bridgehead atoms. The van der Waals surface area contributed by atoms with E-state index in [4.69, 9.17) is 4.52 Å². The second-order valence-electron chi connectivity index (χ2n) is 6.12. The highest BCUT2D eigenvalue weighted by atomic mass is 19.1. The Bertz CT molecular complexity index is 718. The molecule has 8 heteroatoms. The van der Waals surface area contributed by atoms with Gasteiger partial charge in [-0.2, -0.15) is 4.98 Å². The molecule has 2 aromatic heterocycles. The lowest BCUT2D eigenvalue weighted by Gasteiger charge is -2.34. The van der Waals surface area contributed by atoms with Gasteiger partial charge >= 0.3 is 0 Å². The van der Waals surface area contributed by atoms with E-state index in [1.807, 2.05) is 0 Å².